The number of ether oxygens (including phenoxy) is 1. The van der Waals surface area contributed by atoms with E-state index in [0.717, 1.165) is 34.9 Å². The molecule has 0 saturated heterocycles. The molecule has 3 rings (SSSR count). The van der Waals surface area contributed by atoms with Crippen molar-refractivity contribution in [1.82, 2.24) is 0 Å². The van der Waals surface area contributed by atoms with Crippen LogP contribution in [0.4, 0.5) is 0 Å². The molecule has 0 aliphatic heterocycles. The molecule has 0 N–H and O–H groups in total. The number of Topliss-reactive ketones (excluding diaryl/α,β-unsaturated/α-hetero) is 1. The summed E-state index contributed by atoms with van der Waals surface area (Å²) < 4.78 is 5.21. The van der Waals surface area contributed by atoms with Gasteiger partial charge in [0.05, 0.1) is 7.11 Å². The molecule has 0 heterocycles. The highest BCUT2D eigenvalue weighted by atomic mass is 16.5. The Morgan fingerprint density at radius 3 is 2.82 bits per heavy atom. The molecule has 0 amide bonds. The molecule has 0 fully saturated rings. The van der Waals surface area contributed by atoms with Crippen LogP contribution < -0.4 is 4.74 Å². The first-order valence-corrected chi connectivity index (χ1v) is 5.92. The third-order valence-corrected chi connectivity index (χ3v) is 3.44. The average molecular weight is 226 g/mol. The maximum atomic E-state index is 12.0. The Morgan fingerprint density at radius 1 is 1.12 bits per heavy atom. The summed E-state index contributed by atoms with van der Waals surface area (Å²) in [5.41, 5.74) is 2.12. The van der Waals surface area contributed by atoms with Crippen LogP contribution in [0.3, 0.4) is 0 Å². The number of carbonyl (C=O) groups excluding carboxylic acids is 1. The van der Waals surface area contributed by atoms with Gasteiger partial charge in [-0.2, -0.15) is 0 Å². The predicted molar refractivity (Wildman–Crippen MR) is 67.8 cm³/mol. The van der Waals surface area contributed by atoms with E-state index >= 15 is 0 Å². The zero-order valence-electron chi connectivity index (χ0n) is 9.82. The van der Waals surface area contributed by atoms with E-state index in [1.807, 2.05) is 18.2 Å². The largest absolute Gasteiger partial charge is 0.497 e. The van der Waals surface area contributed by atoms with Crippen LogP contribution in [0.25, 0.3) is 10.8 Å². The lowest BCUT2D eigenvalue weighted by Gasteiger charge is -2.17. The van der Waals surface area contributed by atoms with Gasteiger partial charge in [-0.05, 0) is 47.4 Å². The van der Waals surface area contributed by atoms with Gasteiger partial charge < -0.3 is 4.74 Å². The molecule has 2 aromatic rings. The molecule has 2 aromatic carbocycles. The number of carbonyl (C=O) groups is 1. The Labute approximate surface area is 100 Å². The summed E-state index contributed by atoms with van der Waals surface area (Å²) in [7, 11) is 1.66. The van der Waals surface area contributed by atoms with E-state index < -0.39 is 0 Å². The molecule has 2 nitrogen and oxygen atoms in total. The van der Waals surface area contributed by atoms with Gasteiger partial charge >= 0.3 is 0 Å². The SMILES string of the molecule is COc1ccc2c3c(ccc2c1)CCCC3=O. The fourth-order valence-corrected chi connectivity index (χ4v) is 2.58. The second-order valence-corrected chi connectivity index (χ2v) is 4.46. The van der Waals surface area contributed by atoms with Crippen molar-refractivity contribution in [3.63, 3.8) is 0 Å². The fraction of sp³-hybridized carbons (Fsp3) is 0.267. The first-order valence-electron chi connectivity index (χ1n) is 5.92. The minimum Gasteiger partial charge on any atom is -0.497 e. The highest BCUT2D eigenvalue weighted by molar-refractivity contribution is 6.10. The van der Waals surface area contributed by atoms with E-state index in [9.17, 15) is 4.79 Å². The molecule has 0 radical (unpaired) electrons. The molecular formula is C15H14O2. The van der Waals surface area contributed by atoms with E-state index in [-0.39, 0.29) is 5.78 Å². The van der Waals surface area contributed by atoms with Crippen molar-refractivity contribution in [2.75, 3.05) is 7.11 Å². The third-order valence-electron chi connectivity index (χ3n) is 3.44. The minimum atomic E-state index is 0.280. The van der Waals surface area contributed by atoms with Crippen molar-refractivity contribution >= 4 is 16.6 Å². The molecule has 17 heavy (non-hydrogen) atoms. The standard InChI is InChI=1S/C15H14O2/c1-17-12-7-8-13-11(9-12)6-5-10-3-2-4-14(16)15(10)13/h5-9H,2-4H2,1H3. The molecule has 0 bridgehead atoms. The smallest absolute Gasteiger partial charge is 0.163 e. The van der Waals surface area contributed by atoms with Gasteiger partial charge in [0.1, 0.15) is 5.75 Å². The summed E-state index contributed by atoms with van der Waals surface area (Å²) in [6, 6.07) is 10.1. The molecule has 1 aliphatic carbocycles. The second kappa shape index (κ2) is 3.88. The van der Waals surface area contributed by atoms with E-state index in [2.05, 4.69) is 12.1 Å². The number of methoxy groups -OCH3 is 1. The van der Waals surface area contributed by atoms with Gasteiger partial charge in [0, 0.05) is 12.0 Å². The van der Waals surface area contributed by atoms with Crippen molar-refractivity contribution in [3.8, 4) is 5.75 Å². The second-order valence-electron chi connectivity index (χ2n) is 4.46. The van der Waals surface area contributed by atoms with Crippen LogP contribution in [0.2, 0.25) is 0 Å². The lowest BCUT2D eigenvalue weighted by Crippen LogP contribution is -2.11. The summed E-state index contributed by atoms with van der Waals surface area (Å²) in [4.78, 5) is 12.0. The monoisotopic (exact) mass is 226 g/mol. The van der Waals surface area contributed by atoms with Crippen molar-refractivity contribution < 1.29 is 9.53 Å². The molecule has 0 spiro atoms. The maximum Gasteiger partial charge on any atom is 0.163 e. The molecule has 0 aromatic heterocycles. The molecule has 0 atom stereocenters. The Morgan fingerprint density at radius 2 is 2.00 bits per heavy atom. The Kier molecular flexibility index (Phi) is 2.36. The average Bonchev–Trinajstić information content (AvgIpc) is 2.38. The molecule has 0 unspecified atom stereocenters. The highest BCUT2D eigenvalue weighted by Gasteiger charge is 2.19. The zero-order valence-corrected chi connectivity index (χ0v) is 9.82. The topological polar surface area (TPSA) is 26.3 Å². The fourth-order valence-electron chi connectivity index (χ4n) is 2.58. The van der Waals surface area contributed by atoms with E-state index in [4.69, 9.17) is 4.74 Å². The lowest BCUT2D eigenvalue weighted by molar-refractivity contribution is 0.0974. The summed E-state index contributed by atoms with van der Waals surface area (Å²) in [6.07, 6.45) is 2.68. The summed E-state index contributed by atoms with van der Waals surface area (Å²) in [6.45, 7) is 0. The van der Waals surface area contributed by atoms with Crippen LogP contribution in [0.5, 0.6) is 5.75 Å². The highest BCUT2D eigenvalue weighted by Crippen LogP contribution is 2.30. The van der Waals surface area contributed by atoms with Crippen LogP contribution in [0.1, 0.15) is 28.8 Å². The predicted octanol–water partition coefficient (Wildman–Crippen LogP) is 3.37. The zero-order chi connectivity index (χ0) is 11.8. The number of hydrogen-bond donors (Lipinski definition) is 0. The lowest BCUT2D eigenvalue weighted by atomic mass is 9.87. The quantitative estimate of drug-likeness (QED) is 0.745. The number of fused-ring (bicyclic) bond motifs is 3. The number of hydrogen-bond acceptors (Lipinski definition) is 2. The van der Waals surface area contributed by atoms with Gasteiger partial charge in [-0.3, -0.25) is 4.79 Å². The van der Waals surface area contributed by atoms with E-state index in [0.29, 0.717) is 6.42 Å². The number of aryl methyl sites for hydroxylation is 1. The Bertz CT molecular complexity index is 599. The van der Waals surface area contributed by atoms with Crippen LogP contribution in [-0.2, 0) is 6.42 Å². The van der Waals surface area contributed by atoms with Crippen LogP contribution in [0.15, 0.2) is 30.3 Å². The molecular weight excluding hydrogens is 212 g/mol. The maximum absolute atomic E-state index is 12.0. The number of ketones is 1. The first kappa shape index (κ1) is 10.3. The van der Waals surface area contributed by atoms with Gasteiger partial charge in [0.15, 0.2) is 5.78 Å². The van der Waals surface area contributed by atoms with Gasteiger partial charge in [-0.25, -0.2) is 0 Å². The molecule has 86 valence electrons. The summed E-state index contributed by atoms with van der Waals surface area (Å²) in [5, 5.41) is 2.14. The van der Waals surface area contributed by atoms with Crippen molar-refractivity contribution in [3.05, 3.63) is 41.5 Å². The van der Waals surface area contributed by atoms with Gasteiger partial charge in [-0.1, -0.05) is 12.1 Å². The van der Waals surface area contributed by atoms with Crippen molar-refractivity contribution in [2.45, 2.75) is 19.3 Å². The molecule has 2 heteroatoms. The summed E-state index contributed by atoms with van der Waals surface area (Å²) >= 11 is 0. The minimum absolute atomic E-state index is 0.280. The number of rotatable bonds is 1. The molecule has 1 aliphatic rings. The van der Waals surface area contributed by atoms with Crippen molar-refractivity contribution in [1.29, 1.82) is 0 Å². The first-order chi connectivity index (χ1) is 8.29. The van der Waals surface area contributed by atoms with Crippen LogP contribution in [0, 0.1) is 0 Å². The van der Waals surface area contributed by atoms with Gasteiger partial charge in [0.25, 0.3) is 0 Å². The summed E-state index contributed by atoms with van der Waals surface area (Å²) in [5.74, 6) is 1.11. The number of benzene rings is 2. The van der Waals surface area contributed by atoms with Crippen molar-refractivity contribution in [2.24, 2.45) is 0 Å². The Balaban J connectivity index is 2.30. The van der Waals surface area contributed by atoms with Crippen LogP contribution >= 0.6 is 0 Å². The van der Waals surface area contributed by atoms with Gasteiger partial charge in [-0.15, -0.1) is 0 Å². The third kappa shape index (κ3) is 1.60. The van der Waals surface area contributed by atoms with E-state index in [1.54, 1.807) is 7.11 Å². The Hall–Kier alpha value is -1.83. The van der Waals surface area contributed by atoms with Crippen LogP contribution in [-0.4, -0.2) is 12.9 Å². The van der Waals surface area contributed by atoms with Gasteiger partial charge in [0.2, 0.25) is 0 Å². The van der Waals surface area contributed by atoms with E-state index in [1.165, 1.54) is 5.56 Å². The normalized spacial score (nSPS) is 14.8. The molecule has 0 saturated carbocycles.